The van der Waals surface area contributed by atoms with E-state index in [4.69, 9.17) is 4.74 Å². The first-order chi connectivity index (χ1) is 10.2. The summed E-state index contributed by atoms with van der Waals surface area (Å²) in [6.45, 7) is 0.870. The van der Waals surface area contributed by atoms with Gasteiger partial charge in [-0.2, -0.15) is 0 Å². The fourth-order valence-electron chi connectivity index (χ4n) is 3.81. The van der Waals surface area contributed by atoms with E-state index >= 15 is 0 Å². The molecule has 2 heterocycles. The van der Waals surface area contributed by atoms with Crippen LogP contribution < -0.4 is 0 Å². The lowest BCUT2D eigenvalue weighted by atomic mass is 9.97. The Morgan fingerprint density at radius 1 is 1.24 bits per heavy atom. The fourth-order valence-corrected chi connectivity index (χ4v) is 3.81. The number of nitrogens with zero attached hydrogens (tertiary/aromatic N) is 1. The smallest absolute Gasteiger partial charge is 0.309 e. The summed E-state index contributed by atoms with van der Waals surface area (Å²) in [6.07, 6.45) is 4.33. The zero-order chi connectivity index (χ0) is 14.8. The third kappa shape index (κ3) is 3.11. The average Bonchev–Trinajstić information content (AvgIpc) is 2.71. The van der Waals surface area contributed by atoms with E-state index in [1.165, 1.54) is 25.5 Å². The van der Waals surface area contributed by atoms with Crippen LogP contribution in [0.4, 0.5) is 0 Å². The lowest BCUT2D eigenvalue weighted by molar-refractivity contribution is -0.139. The van der Waals surface area contributed by atoms with Gasteiger partial charge in [0.15, 0.2) is 0 Å². The van der Waals surface area contributed by atoms with Crippen molar-refractivity contribution in [2.45, 2.75) is 56.8 Å². The number of aliphatic hydroxyl groups is 1. The van der Waals surface area contributed by atoms with E-state index in [1.54, 1.807) is 0 Å². The van der Waals surface area contributed by atoms with Crippen molar-refractivity contribution in [2.75, 3.05) is 7.11 Å². The van der Waals surface area contributed by atoms with E-state index in [0.29, 0.717) is 18.5 Å². The van der Waals surface area contributed by atoms with Gasteiger partial charge in [-0.1, -0.05) is 24.3 Å². The molecule has 21 heavy (non-hydrogen) atoms. The van der Waals surface area contributed by atoms with Gasteiger partial charge in [0.05, 0.1) is 19.6 Å². The molecule has 0 aromatic heterocycles. The first kappa shape index (κ1) is 14.5. The number of hydrogen-bond acceptors (Lipinski definition) is 4. The number of ether oxygens (including phenoxy) is 1. The molecule has 0 amide bonds. The summed E-state index contributed by atoms with van der Waals surface area (Å²) in [7, 11) is 1.43. The molecule has 2 atom stereocenters. The maximum absolute atomic E-state index is 11.5. The minimum atomic E-state index is -0.195. The van der Waals surface area contributed by atoms with Gasteiger partial charge in [0.25, 0.3) is 0 Å². The Labute approximate surface area is 125 Å². The van der Waals surface area contributed by atoms with Gasteiger partial charge < -0.3 is 9.84 Å². The van der Waals surface area contributed by atoms with Crippen molar-refractivity contribution in [3.05, 3.63) is 35.4 Å². The third-order valence-electron chi connectivity index (χ3n) is 4.89. The summed E-state index contributed by atoms with van der Waals surface area (Å²) >= 11 is 0. The van der Waals surface area contributed by atoms with Crippen molar-refractivity contribution in [1.29, 1.82) is 0 Å². The van der Waals surface area contributed by atoms with Crippen molar-refractivity contribution in [3.8, 4) is 0 Å². The number of aliphatic hydroxyl groups excluding tert-OH is 1. The van der Waals surface area contributed by atoms with Crippen molar-refractivity contribution in [1.82, 2.24) is 4.90 Å². The molecule has 2 aliphatic heterocycles. The number of hydrogen-bond donors (Lipinski definition) is 1. The lowest BCUT2D eigenvalue weighted by Crippen LogP contribution is -2.44. The molecule has 0 radical (unpaired) electrons. The fraction of sp³-hybridized carbons (Fsp3) is 0.588. The highest BCUT2D eigenvalue weighted by atomic mass is 16.5. The molecule has 4 nitrogen and oxygen atoms in total. The van der Waals surface area contributed by atoms with E-state index in [-0.39, 0.29) is 12.1 Å². The van der Waals surface area contributed by atoms with Gasteiger partial charge in [-0.25, -0.2) is 0 Å². The summed E-state index contributed by atoms with van der Waals surface area (Å²) < 4.78 is 4.78. The minimum absolute atomic E-state index is 0.135. The lowest BCUT2D eigenvalue weighted by Gasteiger charge is -2.37. The Kier molecular flexibility index (Phi) is 4.27. The minimum Gasteiger partial charge on any atom is -0.469 e. The Morgan fingerprint density at radius 3 is 2.48 bits per heavy atom. The summed E-state index contributed by atoms with van der Waals surface area (Å²) in [5.74, 6) is -0.195. The van der Waals surface area contributed by atoms with E-state index < -0.39 is 0 Å². The third-order valence-corrected chi connectivity index (χ3v) is 4.89. The molecule has 0 saturated carbocycles. The normalized spacial score (nSPS) is 28.6. The summed E-state index contributed by atoms with van der Waals surface area (Å²) in [6, 6.07) is 9.08. The molecule has 1 aromatic carbocycles. The molecule has 2 bridgehead atoms. The topological polar surface area (TPSA) is 49.8 Å². The second-order valence-corrected chi connectivity index (χ2v) is 6.20. The van der Waals surface area contributed by atoms with Crippen molar-refractivity contribution in [2.24, 2.45) is 0 Å². The van der Waals surface area contributed by atoms with Gasteiger partial charge in [0.2, 0.25) is 0 Å². The van der Waals surface area contributed by atoms with Gasteiger partial charge in [-0.3, -0.25) is 9.69 Å². The monoisotopic (exact) mass is 289 g/mol. The Hall–Kier alpha value is -1.39. The largest absolute Gasteiger partial charge is 0.469 e. The van der Waals surface area contributed by atoms with Gasteiger partial charge in [0.1, 0.15) is 0 Å². The number of rotatable bonds is 4. The Bertz CT molecular complexity index is 503. The van der Waals surface area contributed by atoms with Gasteiger partial charge in [0, 0.05) is 18.6 Å². The van der Waals surface area contributed by atoms with Crippen LogP contribution >= 0.6 is 0 Å². The number of benzene rings is 1. The number of methoxy groups -OCH3 is 1. The molecular weight excluding hydrogens is 266 g/mol. The second kappa shape index (κ2) is 6.16. The number of esters is 1. The van der Waals surface area contributed by atoms with Gasteiger partial charge >= 0.3 is 5.97 Å². The second-order valence-electron chi connectivity index (χ2n) is 6.20. The van der Waals surface area contributed by atoms with E-state index in [2.05, 4.69) is 11.0 Å². The van der Waals surface area contributed by atoms with E-state index in [9.17, 15) is 9.90 Å². The predicted octanol–water partition coefficient (Wildman–Crippen LogP) is 1.89. The SMILES string of the molecule is COC(=O)Cc1ccccc1CN1C2CCC1CC(O)C2. The maximum Gasteiger partial charge on any atom is 0.309 e. The molecule has 4 heteroatoms. The van der Waals surface area contributed by atoms with Crippen LogP contribution in [0.25, 0.3) is 0 Å². The zero-order valence-electron chi connectivity index (χ0n) is 12.5. The van der Waals surface area contributed by atoms with E-state index in [0.717, 1.165) is 24.9 Å². The van der Waals surface area contributed by atoms with Crippen LogP contribution in [0.1, 0.15) is 36.8 Å². The summed E-state index contributed by atoms with van der Waals surface area (Å²) in [4.78, 5) is 14.1. The number of carbonyl (C=O) groups excluding carboxylic acids is 1. The maximum atomic E-state index is 11.5. The number of piperidine rings is 1. The molecular formula is C17H23NO3. The standard InChI is InChI=1S/C17H23NO3/c1-21-17(20)8-12-4-2-3-5-13(12)11-18-14-6-7-15(18)10-16(19)9-14/h2-5,14-16,19H,6-11H2,1H3. The first-order valence-corrected chi connectivity index (χ1v) is 7.74. The molecule has 1 N–H and O–H groups in total. The number of carbonyl (C=O) groups is 1. The number of fused-ring (bicyclic) bond motifs is 2. The van der Waals surface area contributed by atoms with Crippen LogP contribution in [-0.4, -0.2) is 41.3 Å². The first-order valence-electron chi connectivity index (χ1n) is 7.74. The van der Waals surface area contributed by atoms with Crippen LogP contribution in [0, 0.1) is 0 Å². The van der Waals surface area contributed by atoms with Crippen molar-refractivity contribution in [3.63, 3.8) is 0 Å². The van der Waals surface area contributed by atoms with Crippen LogP contribution in [0.15, 0.2) is 24.3 Å². The van der Waals surface area contributed by atoms with Crippen LogP contribution in [0.5, 0.6) is 0 Å². The summed E-state index contributed by atoms with van der Waals surface area (Å²) in [5, 5.41) is 9.89. The molecule has 0 aliphatic carbocycles. The Morgan fingerprint density at radius 2 is 1.86 bits per heavy atom. The predicted molar refractivity (Wildman–Crippen MR) is 79.8 cm³/mol. The van der Waals surface area contributed by atoms with Crippen molar-refractivity contribution >= 4 is 5.97 Å². The van der Waals surface area contributed by atoms with Gasteiger partial charge in [-0.05, 0) is 36.8 Å². The highest BCUT2D eigenvalue weighted by Gasteiger charge is 2.40. The highest BCUT2D eigenvalue weighted by Crippen LogP contribution is 2.37. The quantitative estimate of drug-likeness (QED) is 0.860. The summed E-state index contributed by atoms with van der Waals surface area (Å²) in [5.41, 5.74) is 2.26. The molecule has 3 rings (SSSR count). The molecule has 2 saturated heterocycles. The molecule has 2 aliphatic rings. The van der Waals surface area contributed by atoms with Gasteiger partial charge in [-0.15, -0.1) is 0 Å². The molecule has 0 spiro atoms. The van der Waals surface area contributed by atoms with Crippen molar-refractivity contribution < 1.29 is 14.6 Å². The molecule has 2 fully saturated rings. The van der Waals surface area contributed by atoms with Crippen LogP contribution in [0.2, 0.25) is 0 Å². The van der Waals surface area contributed by atoms with Crippen LogP contribution in [-0.2, 0) is 22.5 Å². The van der Waals surface area contributed by atoms with Crippen LogP contribution in [0.3, 0.4) is 0 Å². The Balaban J connectivity index is 1.75. The van der Waals surface area contributed by atoms with E-state index in [1.807, 2.05) is 18.2 Å². The molecule has 114 valence electrons. The molecule has 1 aromatic rings. The molecule has 2 unspecified atom stereocenters. The highest BCUT2D eigenvalue weighted by molar-refractivity contribution is 5.72. The average molecular weight is 289 g/mol. The zero-order valence-corrected chi connectivity index (χ0v) is 12.5.